The van der Waals surface area contributed by atoms with Crippen LogP contribution in [0.1, 0.15) is 25.5 Å². The monoisotopic (exact) mass is 429 g/mol. The Hall–Kier alpha value is -2.67. The van der Waals surface area contributed by atoms with Crippen LogP contribution >= 0.6 is 15.9 Å². The number of azo groups is 1. The van der Waals surface area contributed by atoms with Crippen molar-refractivity contribution in [1.82, 2.24) is 4.57 Å². The molecule has 1 amide bonds. The van der Waals surface area contributed by atoms with Gasteiger partial charge in [0, 0.05) is 15.9 Å². The smallest absolute Gasteiger partial charge is 0.302 e. The number of hydrogen-bond donors (Lipinski definition) is 1. The molecule has 3 aromatic rings. The molecule has 0 unspecified atom stereocenters. The first-order valence-corrected chi connectivity index (χ1v) is 9.32. The summed E-state index contributed by atoms with van der Waals surface area (Å²) in [6, 6.07) is 13.0. The maximum absolute atomic E-state index is 12.0. The highest BCUT2D eigenvalue weighted by Gasteiger charge is 2.19. The van der Waals surface area contributed by atoms with Crippen molar-refractivity contribution in [3.05, 3.63) is 52.5 Å². The Morgan fingerprint density at radius 3 is 2.59 bits per heavy atom. The summed E-state index contributed by atoms with van der Waals surface area (Å²) in [5, 5.41) is 19.1. The number of carbonyl (C=O) groups excluding carboxylic acids is 1. The van der Waals surface area contributed by atoms with Gasteiger partial charge in [-0.2, -0.15) is 0 Å². The van der Waals surface area contributed by atoms with Crippen molar-refractivity contribution in [3.63, 3.8) is 0 Å². The molecule has 0 atom stereocenters. The van der Waals surface area contributed by atoms with Crippen LogP contribution in [0.3, 0.4) is 0 Å². The highest BCUT2D eigenvalue weighted by atomic mass is 79.9. The number of fused-ring (bicyclic) bond motifs is 1. The van der Waals surface area contributed by atoms with Gasteiger partial charge in [-0.1, -0.05) is 27.6 Å². The van der Waals surface area contributed by atoms with E-state index in [1.165, 1.54) is 0 Å². The van der Waals surface area contributed by atoms with E-state index < -0.39 is 5.91 Å². The van der Waals surface area contributed by atoms with Crippen molar-refractivity contribution >= 4 is 38.4 Å². The van der Waals surface area contributed by atoms with Crippen LogP contribution in [-0.4, -0.2) is 22.2 Å². The zero-order chi connectivity index (χ0) is 19.6. The van der Waals surface area contributed by atoms with E-state index in [2.05, 4.69) is 26.2 Å². The molecule has 1 aromatic heterocycles. The number of rotatable bonds is 5. The van der Waals surface area contributed by atoms with Gasteiger partial charge >= 0.3 is 5.91 Å². The van der Waals surface area contributed by atoms with Crippen LogP contribution in [0.4, 0.5) is 5.69 Å². The molecule has 0 aliphatic heterocycles. The van der Waals surface area contributed by atoms with Crippen molar-refractivity contribution in [2.45, 2.75) is 26.8 Å². The first kappa shape index (κ1) is 19.1. The van der Waals surface area contributed by atoms with E-state index >= 15 is 0 Å². The largest absolute Gasteiger partial charge is 0.493 e. The number of hydrogen-bond acceptors (Lipinski definition) is 4. The molecule has 0 saturated heterocycles. The second-order valence-electron chi connectivity index (χ2n) is 6.49. The van der Waals surface area contributed by atoms with Gasteiger partial charge < -0.3 is 14.4 Å². The number of amides is 1. The standard InChI is InChI=1S/C20H20BrN3O3/c1-12(2)24-17-9-4-13(3)10-16(17)19(20(24)26)23-22-18(25)11-27-15-7-5-14(21)6-8-15/h4-10,12,26H,11H2,1-3H3. The first-order chi connectivity index (χ1) is 12.9. The normalized spacial score (nSPS) is 11.6. The lowest BCUT2D eigenvalue weighted by molar-refractivity contribution is -0.120. The Labute approximate surface area is 165 Å². The van der Waals surface area contributed by atoms with Gasteiger partial charge in [0.05, 0.1) is 5.52 Å². The average molecular weight is 430 g/mol. The molecule has 0 saturated carbocycles. The molecule has 0 bridgehead atoms. The summed E-state index contributed by atoms with van der Waals surface area (Å²) < 4.78 is 8.09. The van der Waals surface area contributed by atoms with Crippen LogP contribution in [0.2, 0.25) is 0 Å². The van der Waals surface area contributed by atoms with Crippen LogP contribution in [0.15, 0.2) is 57.2 Å². The number of aryl methyl sites for hydroxylation is 1. The molecule has 7 heteroatoms. The fraction of sp³-hybridized carbons (Fsp3) is 0.250. The van der Waals surface area contributed by atoms with E-state index in [0.717, 1.165) is 20.9 Å². The predicted octanol–water partition coefficient (Wildman–Crippen LogP) is 5.69. The fourth-order valence-electron chi connectivity index (χ4n) is 2.83. The molecular weight excluding hydrogens is 410 g/mol. The Kier molecular flexibility index (Phi) is 5.60. The van der Waals surface area contributed by atoms with E-state index in [9.17, 15) is 9.90 Å². The van der Waals surface area contributed by atoms with Crippen molar-refractivity contribution < 1.29 is 14.6 Å². The Morgan fingerprint density at radius 1 is 1.22 bits per heavy atom. The van der Waals surface area contributed by atoms with Crippen molar-refractivity contribution in [1.29, 1.82) is 0 Å². The molecule has 0 aliphatic carbocycles. The molecule has 0 radical (unpaired) electrons. The molecule has 1 N–H and O–H groups in total. The molecule has 140 valence electrons. The minimum atomic E-state index is -0.532. The number of aromatic hydroxyl groups is 1. The maximum Gasteiger partial charge on any atom is 0.302 e. The quantitative estimate of drug-likeness (QED) is 0.529. The molecule has 0 fully saturated rings. The second-order valence-corrected chi connectivity index (χ2v) is 7.41. The van der Waals surface area contributed by atoms with Crippen LogP contribution < -0.4 is 4.74 Å². The molecule has 1 heterocycles. The van der Waals surface area contributed by atoms with Gasteiger partial charge in [0.1, 0.15) is 5.75 Å². The third kappa shape index (κ3) is 4.19. The number of benzene rings is 2. The summed E-state index contributed by atoms with van der Waals surface area (Å²) in [4.78, 5) is 12.0. The first-order valence-electron chi connectivity index (χ1n) is 8.53. The fourth-order valence-corrected chi connectivity index (χ4v) is 3.09. The second kappa shape index (κ2) is 7.92. The molecule has 2 aromatic carbocycles. The van der Waals surface area contributed by atoms with Crippen molar-refractivity contribution in [3.8, 4) is 11.6 Å². The van der Waals surface area contributed by atoms with Crippen LogP contribution in [0.25, 0.3) is 10.9 Å². The van der Waals surface area contributed by atoms with Crippen LogP contribution in [-0.2, 0) is 4.79 Å². The van der Waals surface area contributed by atoms with E-state index in [-0.39, 0.29) is 18.5 Å². The zero-order valence-corrected chi connectivity index (χ0v) is 16.9. The van der Waals surface area contributed by atoms with Crippen LogP contribution in [0, 0.1) is 6.92 Å². The Balaban J connectivity index is 1.82. The van der Waals surface area contributed by atoms with Gasteiger partial charge in [-0.05, 0) is 57.2 Å². The maximum atomic E-state index is 12.0. The third-order valence-corrected chi connectivity index (χ3v) is 4.59. The predicted molar refractivity (Wildman–Crippen MR) is 108 cm³/mol. The number of aromatic nitrogens is 1. The molecule has 3 rings (SSSR count). The minimum Gasteiger partial charge on any atom is -0.493 e. The Bertz CT molecular complexity index is 1010. The molecular formula is C20H20BrN3O3. The lowest BCUT2D eigenvalue weighted by Gasteiger charge is -2.10. The number of halogens is 1. The topological polar surface area (TPSA) is 76.2 Å². The average Bonchev–Trinajstić information content (AvgIpc) is 2.90. The summed E-state index contributed by atoms with van der Waals surface area (Å²) in [5.41, 5.74) is 2.17. The van der Waals surface area contributed by atoms with Gasteiger partial charge in [0.15, 0.2) is 12.3 Å². The summed E-state index contributed by atoms with van der Waals surface area (Å²) in [6.07, 6.45) is 0. The summed E-state index contributed by atoms with van der Waals surface area (Å²) in [5.74, 6) is 0.0306. The highest BCUT2D eigenvalue weighted by Crippen LogP contribution is 2.41. The number of ether oxygens (including phenoxy) is 1. The lowest BCUT2D eigenvalue weighted by Crippen LogP contribution is -2.07. The van der Waals surface area contributed by atoms with E-state index in [0.29, 0.717) is 11.4 Å². The highest BCUT2D eigenvalue weighted by molar-refractivity contribution is 9.10. The SMILES string of the molecule is Cc1ccc2c(c1)c(N=NC(=O)COc1ccc(Br)cc1)c(O)n2C(C)C. The zero-order valence-electron chi connectivity index (χ0n) is 15.3. The van der Waals surface area contributed by atoms with Crippen molar-refractivity contribution in [2.75, 3.05) is 6.61 Å². The van der Waals surface area contributed by atoms with E-state index in [1.54, 1.807) is 16.7 Å². The van der Waals surface area contributed by atoms with Gasteiger partial charge in [0.2, 0.25) is 5.88 Å². The van der Waals surface area contributed by atoms with Gasteiger partial charge in [-0.25, -0.2) is 0 Å². The Morgan fingerprint density at radius 2 is 1.93 bits per heavy atom. The van der Waals surface area contributed by atoms with Gasteiger partial charge in [0.25, 0.3) is 0 Å². The summed E-state index contributed by atoms with van der Waals surface area (Å²) in [6.45, 7) is 5.67. The van der Waals surface area contributed by atoms with E-state index in [1.807, 2.05) is 51.1 Å². The molecule has 27 heavy (non-hydrogen) atoms. The van der Waals surface area contributed by atoms with Crippen LogP contribution in [0.5, 0.6) is 11.6 Å². The molecule has 0 aliphatic rings. The molecule has 6 nitrogen and oxygen atoms in total. The number of nitrogens with zero attached hydrogens (tertiary/aromatic N) is 3. The summed E-state index contributed by atoms with van der Waals surface area (Å²) >= 11 is 3.34. The van der Waals surface area contributed by atoms with Gasteiger partial charge in [-0.15, -0.1) is 10.2 Å². The van der Waals surface area contributed by atoms with Crippen molar-refractivity contribution in [2.24, 2.45) is 10.2 Å². The lowest BCUT2D eigenvalue weighted by atomic mass is 10.1. The van der Waals surface area contributed by atoms with Gasteiger partial charge in [-0.3, -0.25) is 4.79 Å². The van der Waals surface area contributed by atoms with E-state index in [4.69, 9.17) is 4.74 Å². The minimum absolute atomic E-state index is 0.00372. The number of carbonyl (C=O) groups is 1. The molecule has 0 spiro atoms. The summed E-state index contributed by atoms with van der Waals surface area (Å²) in [7, 11) is 0. The third-order valence-electron chi connectivity index (χ3n) is 4.06.